The van der Waals surface area contributed by atoms with Gasteiger partial charge in [0.05, 0.1) is 6.61 Å². The van der Waals surface area contributed by atoms with E-state index in [9.17, 15) is 9.59 Å². The molecule has 0 bridgehead atoms. The summed E-state index contributed by atoms with van der Waals surface area (Å²) in [6.45, 7) is 6.04. The fourth-order valence-corrected chi connectivity index (χ4v) is 2.72. The molecule has 1 saturated heterocycles. The molecule has 0 aromatic heterocycles. The number of benzene rings is 1. The third-order valence-corrected chi connectivity index (χ3v) is 4.14. The van der Waals surface area contributed by atoms with Gasteiger partial charge in [-0.25, -0.2) is 0 Å². The van der Waals surface area contributed by atoms with Crippen LogP contribution in [0.3, 0.4) is 0 Å². The molecule has 126 valence electrons. The molecule has 0 radical (unpaired) electrons. The van der Waals surface area contributed by atoms with Crippen molar-refractivity contribution in [3.8, 4) is 0 Å². The van der Waals surface area contributed by atoms with Crippen LogP contribution in [0.4, 0.5) is 0 Å². The molecule has 0 saturated carbocycles. The van der Waals surface area contributed by atoms with Crippen molar-refractivity contribution in [2.45, 2.75) is 13.5 Å². The van der Waals surface area contributed by atoms with E-state index >= 15 is 0 Å². The first-order chi connectivity index (χ1) is 11.2. The van der Waals surface area contributed by atoms with Gasteiger partial charge in [0.15, 0.2) is 0 Å². The maximum atomic E-state index is 12.5. The number of β-amino-alcohol motifs (C(OH)–C–C–N with tert-alkyl or cyclic N) is 1. The van der Waals surface area contributed by atoms with Gasteiger partial charge >= 0.3 is 11.8 Å². The van der Waals surface area contributed by atoms with E-state index in [1.54, 1.807) is 9.80 Å². The van der Waals surface area contributed by atoms with Crippen molar-refractivity contribution in [1.82, 2.24) is 14.7 Å². The molecule has 6 heteroatoms. The third kappa shape index (κ3) is 4.77. The van der Waals surface area contributed by atoms with E-state index in [1.165, 1.54) is 0 Å². The molecule has 1 aromatic rings. The fourth-order valence-electron chi connectivity index (χ4n) is 2.72. The van der Waals surface area contributed by atoms with Gasteiger partial charge < -0.3 is 14.9 Å². The van der Waals surface area contributed by atoms with Crippen molar-refractivity contribution in [2.75, 3.05) is 45.9 Å². The van der Waals surface area contributed by atoms with Crippen LogP contribution < -0.4 is 0 Å². The van der Waals surface area contributed by atoms with Crippen molar-refractivity contribution >= 4 is 11.8 Å². The van der Waals surface area contributed by atoms with Gasteiger partial charge in [0.1, 0.15) is 0 Å². The summed E-state index contributed by atoms with van der Waals surface area (Å²) in [5.74, 6) is -0.863. The zero-order valence-electron chi connectivity index (χ0n) is 13.6. The number of amides is 2. The van der Waals surface area contributed by atoms with Crippen molar-refractivity contribution < 1.29 is 14.7 Å². The average molecular weight is 319 g/mol. The second-order valence-corrected chi connectivity index (χ2v) is 5.66. The number of rotatable bonds is 5. The van der Waals surface area contributed by atoms with Crippen LogP contribution in [0, 0.1) is 0 Å². The smallest absolute Gasteiger partial charge is 0.312 e. The molecule has 1 heterocycles. The van der Waals surface area contributed by atoms with Crippen LogP contribution >= 0.6 is 0 Å². The lowest BCUT2D eigenvalue weighted by Gasteiger charge is -2.34. The zero-order valence-corrected chi connectivity index (χ0v) is 13.6. The Balaban J connectivity index is 1.91. The molecule has 1 aliphatic rings. The summed E-state index contributed by atoms with van der Waals surface area (Å²) in [7, 11) is 0. The topological polar surface area (TPSA) is 64.1 Å². The van der Waals surface area contributed by atoms with Gasteiger partial charge in [-0.3, -0.25) is 14.5 Å². The monoisotopic (exact) mass is 319 g/mol. The quantitative estimate of drug-likeness (QED) is 0.786. The van der Waals surface area contributed by atoms with Gasteiger partial charge in [-0.1, -0.05) is 30.3 Å². The van der Waals surface area contributed by atoms with Crippen molar-refractivity contribution in [2.24, 2.45) is 0 Å². The number of likely N-dealkylation sites (N-methyl/N-ethyl adjacent to an activating group) is 1. The number of hydrogen-bond acceptors (Lipinski definition) is 4. The van der Waals surface area contributed by atoms with Crippen LogP contribution in [0.5, 0.6) is 0 Å². The molecular formula is C17H25N3O3. The van der Waals surface area contributed by atoms with Crippen LogP contribution in [-0.4, -0.2) is 77.5 Å². The molecule has 2 rings (SSSR count). The molecule has 0 aliphatic carbocycles. The molecule has 1 fully saturated rings. The number of aliphatic hydroxyl groups is 1. The average Bonchev–Trinajstić information content (AvgIpc) is 2.60. The molecule has 1 aromatic carbocycles. The number of hydrogen-bond donors (Lipinski definition) is 1. The lowest BCUT2D eigenvalue weighted by Crippen LogP contribution is -2.53. The molecular weight excluding hydrogens is 294 g/mol. The van der Waals surface area contributed by atoms with Gasteiger partial charge in [-0.05, 0) is 12.5 Å². The Morgan fingerprint density at radius 2 is 1.78 bits per heavy atom. The maximum Gasteiger partial charge on any atom is 0.312 e. The summed E-state index contributed by atoms with van der Waals surface area (Å²) < 4.78 is 0. The minimum Gasteiger partial charge on any atom is -0.395 e. The van der Waals surface area contributed by atoms with Crippen LogP contribution in [0.15, 0.2) is 30.3 Å². The summed E-state index contributed by atoms with van der Waals surface area (Å²) in [5, 5.41) is 8.94. The Hall–Kier alpha value is -1.92. The Bertz CT molecular complexity index is 513. The highest BCUT2D eigenvalue weighted by Gasteiger charge is 2.28. The van der Waals surface area contributed by atoms with Crippen LogP contribution in [0.1, 0.15) is 12.5 Å². The van der Waals surface area contributed by atoms with E-state index < -0.39 is 11.8 Å². The first kappa shape index (κ1) is 17.4. The standard InChI is InChI=1S/C17H25N3O3/c1-2-19(14-15-6-4-3-5-7-15)16(22)17(23)20-10-8-18(9-11-20)12-13-21/h3-7,21H,2,8-14H2,1H3. The lowest BCUT2D eigenvalue weighted by molar-refractivity contribution is -0.153. The first-order valence-electron chi connectivity index (χ1n) is 8.11. The number of carbonyl (C=O) groups excluding carboxylic acids is 2. The minimum absolute atomic E-state index is 0.119. The highest BCUT2D eigenvalue weighted by Crippen LogP contribution is 2.08. The SMILES string of the molecule is CCN(Cc1ccccc1)C(=O)C(=O)N1CCN(CCO)CC1. The molecule has 0 atom stereocenters. The predicted octanol–water partition coefficient (Wildman–Crippen LogP) is 0.172. The lowest BCUT2D eigenvalue weighted by atomic mass is 10.2. The second-order valence-electron chi connectivity index (χ2n) is 5.66. The minimum atomic E-state index is -0.438. The van der Waals surface area contributed by atoms with Gasteiger partial charge in [0.25, 0.3) is 0 Å². The van der Waals surface area contributed by atoms with Crippen molar-refractivity contribution in [3.63, 3.8) is 0 Å². The number of carbonyl (C=O) groups is 2. The zero-order chi connectivity index (χ0) is 16.7. The van der Waals surface area contributed by atoms with Gasteiger partial charge in [0, 0.05) is 45.8 Å². The fraction of sp³-hybridized carbons (Fsp3) is 0.529. The molecule has 0 unspecified atom stereocenters. The highest BCUT2D eigenvalue weighted by molar-refractivity contribution is 6.34. The van der Waals surface area contributed by atoms with E-state index in [1.807, 2.05) is 37.3 Å². The van der Waals surface area contributed by atoms with E-state index in [4.69, 9.17) is 5.11 Å². The van der Waals surface area contributed by atoms with E-state index in [0.717, 1.165) is 5.56 Å². The largest absolute Gasteiger partial charge is 0.395 e. The maximum absolute atomic E-state index is 12.5. The normalized spacial score (nSPS) is 15.5. The molecule has 1 N–H and O–H groups in total. The summed E-state index contributed by atoms with van der Waals surface area (Å²) in [6, 6.07) is 9.69. The predicted molar refractivity (Wildman–Crippen MR) is 87.6 cm³/mol. The third-order valence-electron chi connectivity index (χ3n) is 4.14. The Morgan fingerprint density at radius 1 is 1.13 bits per heavy atom. The van der Waals surface area contributed by atoms with Gasteiger partial charge in [-0.15, -0.1) is 0 Å². The second kappa shape index (κ2) is 8.64. The highest BCUT2D eigenvalue weighted by atomic mass is 16.3. The molecule has 6 nitrogen and oxygen atoms in total. The van der Waals surface area contributed by atoms with E-state index in [-0.39, 0.29) is 6.61 Å². The van der Waals surface area contributed by atoms with Crippen LogP contribution in [0.2, 0.25) is 0 Å². The van der Waals surface area contributed by atoms with Crippen LogP contribution in [-0.2, 0) is 16.1 Å². The Morgan fingerprint density at radius 3 is 2.35 bits per heavy atom. The summed E-state index contributed by atoms with van der Waals surface area (Å²) in [4.78, 5) is 30.2. The summed E-state index contributed by atoms with van der Waals surface area (Å²) in [6.07, 6.45) is 0. The first-order valence-corrected chi connectivity index (χ1v) is 8.11. The van der Waals surface area contributed by atoms with Gasteiger partial charge in [0.2, 0.25) is 0 Å². The number of aliphatic hydroxyl groups excluding tert-OH is 1. The molecule has 2 amide bonds. The van der Waals surface area contributed by atoms with E-state index in [2.05, 4.69) is 4.90 Å². The number of nitrogens with zero attached hydrogens (tertiary/aromatic N) is 3. The summed E-state index contributed by atoms with van der Waals surface area (Å²) >= 11 is 0. The molecule has 0 spiro atoms. The van der Waals surface area contributed by atoms with E-state index in [0.29, 0.717) is 45.8 Å². The van der Waals surface area contributed by atoms with Crippen molar-refractivity contribution in [3.05, 3.63) is 35.9 Å². The van der Waals surface area contributed by atoms with Crippen molar-refractivity contribution in [1.29, 1.82) is 0 Å². The molecule has 23 heavy (non-hydrogen) atoms. The summed E-state index contributed by atoms with van der Waals surface area (Å²) in [5.41, 5.74) is 1.02. The Kier molecular flexibility index (Phi) is 6.55. The van der Waals surface area contributed by atoms with Crippen LogP contribution in [0.25, 0.3) is 0 Å². The Labute approximate surface area is 137 Å². The molecule has 1 aliphatic heterocycles. The van der Waals surface area contributed by atoms with Gasteiger partial charge in [-0.2, -0.15) is 0 Å². The number of piperazine rings is 1.